The summed E-state index contributed by atoms with van der Waals surface area (Å²) in [5.41, 5.74) is 2.19. The highest BCUT2D eigenvalue weighted by molar-refractivity contribution is 7.10. The summed E-state index contributed by atoms with van der Waals surface area (Å²) in [6.45, 7) is 0. The highest BCUT2D eigenvalue weighted by atomic mass is 32.1. The quantitative estimate of drug-likeness (QED) is 0.652. The average Bonchev–Trinajstić information content (AvgIpc) is 3.13. The van der Waals surface area contributed by atoms with E-state index in [-0.39, 0.29) is 5.78 Å². The fourth-order valence-electron chi connectivity index (χ4n) is 2.31. The van der Waals surface area contributed by atoms with Crippen molar-refractivity contribution in [3.8, 4) is 23.1 Å². The van der Waals surface area contributed by atoms with Gasteiger partial charge in [-0.1, -0.05) is 30.3 Å². The third-order valence-corrected chi connectivity index (χ3v) is 4.51. The molecule has 0 aliphatic heterocycles. The van der Waals surface area contributed by atoms with E-state index in [2.05, 4.69) is 11.1 Å². The Hall–Kier alpha value is -2.97. The number of Topliss-reactive ketones (excluding diaryl/α,β-unsaturated/α-hetero) is 1. The minimum atomic E-state index is -0.885. The maximum Gasteiger partial charge on any atom is 0.186 e. The van der Waals surface area contributed by atoms with Crippen molar-refractivity contribution in [1.82, 2.24) is 4.98 Å². The predicted octanol–water partition coefficient (Wildman–Crippen LogP) is 4.31. The number of benzene rings is 2. The van der Waals surface area contributed by atoms with Gasteiger partial charge in [-0.2, -0.15) is 5.26 Å². The number of ether oxygens (including phenoxy) is 1. The molecule has 0 aliphatic carbocycles. The van der Waals surface area contributed by atoms with Crippen LogP contribution >= 0.6 is 11.3 Å². The minimum absolute atomic E-state index is 0.228. The van der Waals surface area contributed by atoms with Crippen LogP contribution in [0.2, 0.25) is 0 Å². The number of methoxy groups -OCH3 is 1. The number of thiazole rings is 1. The van der Waals surface area contributed by atoms with Gasteiger partial charge in [0.15, 0.2) is 11.7 Å². The molecule has 2 aromatic carbocycles. The third kappa shape index (κ3) is 3.19. The molecule has 0 bridgehead atoms. The lowest BCUT2D eigenvalue weighted by atomic mass is 9.99. The Morgan fingerprint density at radius 3 is 2.50 bits per heavy atom. The molecule has 0 radical (unpaired) electrons. The summed E-state index contributed by atoms with van der Waals surface area (Å²) in [5.74, 6) is -0.346. The van der Waals surface area contributed by atoms with Gasteiger partial charge in [0.05, 0.1) is 18.9 Å². The molecule has 0 spiro atoms. The molecule has 3 rings (SSSR count). The zero-order chi connectivity index (χ0) is 16.9. The van der Waals surface area contributed by atoms with Gasteiger partial charge in [-0.05, 0) is 24.3 Å². The summed E-state index contributed by atoms with van der Waals surface area (Å²) in [5, 5.41) is 11.8. The van der Waals surface area contributed by atoms with Crippen LogP contribution in [0.3, 0.4) is 0 Å². The fraction of sp³-hybridized carbons (Fsp3) is 0.105. The molecule has 5 heteroatoms. The lowest BCUT2D eigenvalue weighted by molar-refractivity contribution is 0.0979. The van der Waals surface area contributed by atoms with Crippen LogP contribution in [0.4, 0.5) is 0 Å². The number of hydrogen-bond donors (Lipinski definition) is 0. The molecule has 0 fully saturated rings. The number of ketones is 1. The molecule has 4 nitrogen and oxygen atoms in total. The Morgan fingerprint density at radius 2 is 1.88 bits per heavy atom. The van der Waals surface area contributed by atoms with E-state index in [0.29, 0.717) is 10.6 Å². The highest BCUT2D eigenvalue weighted by Crippen LogP contribution is 2.29. The number of hydrogen-bond acceptors (Lipinski definition) is 5. The van der Waals surface area contributed by atoms with Crippen LogP contribution in [-0.2, 0) is 0 Å². The van der Waals surface area contributed by atoms with Crippen molar-refractivity contribution < 1.29 is 9.53 Å². The maximum atomic E-state index is 12.5. The van der Waals surface area contributed by atoms with Crippen molar-refractivity contribution in [2.24, 2.45) is 0 Å². The summed E-state index contributed by atoms with van der Waals surface area (Å²) >= 11 is 1.32. The van der Waals surface area contributed by atoms with Gasteiger partial charge in [-0.15, -0.1) is 11.3 Å². The molecule has 118 valence electrons. The lowest BCUT2D eigenvalue weighted by Crippen LogP contribution is -2.10. The first kappa shape index (κ1) is 15.9. The van der Waals surface area contributed by atoms with Crippen LogP contribution in [0.1, 0.15) is 21.3 Å². The molecule has 1 atom stereocenters. The molecular weight excluding hydrogens is 320 g/mol. The molecule has 0 N–H and O–H groups in total. The number of carbonyl (C=O) groups excluding carboxylic acids is 1. The van der Waals surface area contributed by atoms with E-state index in [9.17, 15) is 10.1 Å². The molecular formula is C19H14N2O2S. The van der Waals surface area contributed by atoms with Crippen molar-refractivity contribution >= 4 is 17.1 Å². The lowest BCUT2D eigenvalue weighted by Gasteiger charge is -2.05. The van der Waals surface area contributed by atoms with E-state index in [1.807, 2.05) is 35.7 Å². The Labute approximate surface area is 144 Å². The minimum Gasteiger partial charge on any atom is -0.497 e. The van der Waals surface area contributed by atoms with Gasteiger partial charge in [0, 0.05) is 16.5 Å². The highest BCUT2D eigenvalue weighted by Gasteiger charge is 2.25. The maximum absolute atomic E-state index is 12.5. The summed E-state index contributed by atoms with van der Waals surface area (Å²) in [7, 11) is 1.61. The second-order valence-electron chi connectivity index (χ2n) is 5.09. The van der Waals surface area contributed by atoms with E-state index >= 15 is 0 Å². The van der Waals surface area contributed by atoms with Gasteiger partial charge >= 0.3 is 0 Å². The zero-order valence-electron chi connectivity index (χ0n) is 13.0. The first-order chi connectivity index (χ1) is 11.7. The van der Waals surface area contributed by atoms with Crippen LogP contribution in [-0.4, -0.2) is 17.9 Å². The topological polar surface area (TPSA) is 63.0 Å². The molecule has 0 unspecified atom stereocenters. The Bertz CT molecular complexity index is 880. The first-order valence-electron chi connectivity index (χ1n) is 7.31. The molecule has 0 amide bonds. The molecule has 0 saturated carbocycles. The smallest absolute Gasteiger partial charge is 0.186 e. The van der Waals surface area contributed by atoms with E-state index in [1.165, 1.54) is 11.3 Å². The molecule has 24 heavy (non-hydrogen) atoms. The van der Waals surface area contributed by atoms with Gasteiger partial charge in [-0.3, -0.25) is 4.79 Å². The average molecular weight is 334 g/mol. The fourth-order valence-corrected chi connectivity index (χ4v) is 3.18. The van der Waals surface area contributed by atoms with Gasteiger partial charge in [0.1, 0.15) is 10.8 Å². The SMILES string of the molecule is COc1ccc(-c2csc([C@@H](C#N)C(=O)c3ccccc3)n2)cc1. The zero-order valence-corrected chi connectivity index (χ0v) is 13.8. The molecule has 1 aromatic heterocycles. The van der Waals surface area contributed by atoms with Crippen LogP contribution in [0.5, 0.6) is 5.75 Å². The summed E-state index contributed by atoms with van der Waals surface area (Å²) < 4.78 is 5.14. The number of rotatable bonds is 5. The second kappa shape index (κ2) is 7.07. The molecule has 3 aromatic rings. The van der Waals surface area contributed by atoms with E-state index in [0.717, 1.165) is 17.0 Å². The summed E-state index contributed by atoms with van der Waals surface area (Å²) in [6.07, 6.45) is 0. The largest absolute Gasteiger partial charge is 0.497 e. The number of aromatic nitrogens is 1. The number of carbonyl (C=O) groups is 1. The van der Waals surface area contributed by atoms with Gasteiger partial charge < -0.3 is 4.74 Å². The van der Waals surface area contributed by atoms with Crippen molar-refractivity contribution in [3.63, 3.8) is 0 Å². The van der Waals surface area contributed by atoms with E-state index in [1.54, 1.807) is 31.4 Å². The van der Waals surface area contributed by atoms with Gasteiger partial charge in [0.25, 0.3) is 0 Å². The molecule has 0 aliphatic rings. The van der Waals surface area contributed by atoms with Crippen molar-refractivity contribution in [2.75, 3.05) is 7.11 Å². The number of nitriles is 1. The predicted molar refractivity (Wildman–Crippen MR) is 93.2 cm³/mol. The van der Waals surface area contributed by atoms with E-state index in [4.69, 9.17) is 4.74 Å². The third-order valence-electron chi connectivity index (χ3n) is 3.60. The summed E-state index contributed by atoms with van der Waals surface area (Å²) in [4.78, 5) is 17.0. The van der Waals surface area contributed by atoms with Crippen molar-refractivity contribution in [2.45, 2.75) is 5.92 Å². The number of nitrogens with zero attached hydrogens (tertiary/aromatic N) is 2. The van der Waals surface area contributed by atoms with Gasteiger partial charge in [0.2, 0.25) is 0 Å². The Balaban J connectivity index is 1.88. The van der Waals surface area contributed by atoms with E-state index < -0.39 is 5.92 Å². The summed E-state index contributed by atoms with van der Waals surface area (Å²) in [6, 6.07) is 18.4. The van der Waals surface area contributed by atoms with Crippen LogP contribution in [0, 0.1) is 11.3 Å². The second-order valence-corrected chi connectivity index (χ2v) is 5.98. The van der Waals surface area contributed by atoms with Crippen LogP contribution < -0.4 is 4.74 Å². The molecule has 1 heterocycles. The monoisotopic (exact) mass is 334 g/mol. The molecule has 0 saturated heterocycles. The first-order valence-corrected chi connectivity index (χ1v) is 8.19. The van der Waals surface area contributed by atoms with Crippen LogP contribution in [0.15, 0.2) is 60.0 Å². The van der Waals surface area contributed by atoms with Crippen molar-refractivity contribution in [3.05, 3.63) is 70.5 Å². The Kier molecular flexibility index (Phi) is 4.69. The van der Waals surface area contributed by atoms with Crippen LogP contribution in [0.25, 0.3) is 11.3 Å². The van der Waals surface area contributed by atoms with Crippen molar-refractivity contribution in [1.29, 1.82) is 5.26 Å². The van der Waals surface area contributed by atoms with Gasteiger partial charge in [-0.25, -0.2) is 4.98 Å². The normalized spacial score (nSPS) is 11.5. The standard InChI is InChI=1S/C19H14N2O2S/c1-23-15-9-7-13(8-10-15)17-12-24-19(21-17)16(11-20)18(22)14-5-3-2-4-6-14/h2-10,12,16H,1H3/t16-/m0/s1. The Morgan fingerprint density at radius 1 is 1.17 bits per heavy atom.